The number of rotatable bonds is 5. The summed E-state index contributed by atoms with van der Waals surface area (Å²) in [4.78, 5) is 4.22. The second kappa shape index (κ2) is 11.9. The molecule has 4 unspecified atom stereocenters. The van der Waals surface area contributed by atoms with Crippen molar-refractivity contribution in [1.82, 2.24) is 4.98 Å². The van der Waals surface area contributed by atoms with E-state index in [0.29, 0.717) is 5.92 Å². The third kappa shape index (κ3) is 5.20. The summed E-state index contributed by atoms with van der Waals surface area (Å²) in [5, 5.41) is 21.8. The third-order valence-corrected chi connectivity index (χ3v) is 8.68. The smallest absolute Gasteiger partial charge is 0.0651 e. The monoisotopic (exact) mass is 615 g/mol. The Hall–Kier alpha value is -1.06. The Bertz CT molecular complexity index is 746. The molecule has 0 amide bonds. The molecule has 0 bridgehead atoms. The van der Waals surface area contributed by atoms with Crippen molar-refractivity contribution in [3.63, 3.8) is 0 Å². The van der Waals surface area contributed by atoms with Gasteiger partial charge in [-0.3, -0.25) is 0 Å². The summed E-state index contributed by atoms with van der Waals surface area (Å²) < 4.78 is 0. The first-order valence-corrected chi connectivity index (χ1v) is 12.2. The summed E-state index contributed by atoms with van der Waals surface area (Å²) >= 11 is 0. The Labute approximate surface area is 208 Å². The molecule has 2 saturated carbocycles. The van der Waals surface area contributed by atoms with Gasteiger partial charge in [0.05, 0.1) is 12.2 Å². The van der Waals surface area contributed by atoms with Crippen molar-refractivity contribution < 1.29 is 30.3 Å². The molecule has 1 aromatic heterocycles. The number of aliphatic hydroxyl groups excluding tert-OH is 2. The molecule has 2 aliphatic carbocycles. The van der Waals surface area contributed by atoms with Gasteiger partial charge in [0.25, 0.3) is 0 Å². The van der Waals surface area contributed by atoms with Crippen LogP contribution in [0.5, 0.6) is 0 Å². The first-order chi connectivity index (χ1) is 15.0. The minimum Gasteiger partial charge on any atom is -0.392 e. The van der Waals surface area contributed by atoms with Crippen LogP contribution in [0.3, 0.4) is 0 Å². The number of aromatic nitrogens is 1. The van der Waals surface area contributed by atoms with Crippen molar-refractivity contribution in [3.8, 4) is 11.3 Å². The zero-order chi connectivity index (χ0) is 22.5. The van der Waals surface area contributed by atoms with Crippen LogP contribution in [0.1, 0.15) is 72.6 Å². The molecule has 1 heterocycles. The van der Waals surface area contributed by atoms with Crippen LogP contribution in [0.15, 0.2) is 48.7 Å². The average molecular weight is 615 g/mol. The Balaban J connectivity index is 0.000000241. The van der Waals surface area contributed by atoms with Crippen molar-refractivity contribution in [2.24, 2.45) is 22.7 Å². The largest absolute Gasteiger partial charge is 0.392 e. The van der Waals surface area contributed by atoms with E-state index in [2.05, 4.69) is 38.7 Å². The third-order valence-electron chi connectivity index (χ3n) is 8.68. The SMILES string of the molecule is CCC1(CC)CCC2CC(CC)(CC)C(O)C2C1O.[Ir].[c-]1ccccc1-c1ccccn1. The summed E-state index contributed by atoms with van der Waals surface area (Å²) in [5.74, 6) is 0.657. The normalized spacial score (nSPS) is 27.4. The Morgan fingerprint density at radius 3 is 2.06 bits per heavy atom. The van der Waals surface area contributed by atoms with Crippen molar-refractivity contribution in [1.29, 1.82) is 0 Å². The van der Waals surface area contributed by atoms with Gasteiger partial charge in [0.2, 0.25) is 0 Å². The van der Waals surface area contributed by atoms with Gasteiger partial charge in [-0.25, -0.2) is 0 Å². The molecule has 2 aromatic rings. The van der Waals surface area contributed by atoms with E-state index in [4.69, 9.17) is 0 Å². The van der Waals surface area contributed by atoms with E-state index < -0.39 is 0 Å². The van der Waals surface area contributed by atoms with Crippen molar-refractivity contribution in [3.05, 3.63) is 54.7 Å². The Morgan fingerprint density at radius 2 is 1.53 bits per heavy atom. The van der Waals surface area contributed by atoms with Gasteiger partial charge in [0.15, 0.2) is 0 Å². The van der Waals surface area contributed by atoms with Crippen molar-refractivity contribution in [2.45, 2.75) is 84.8 Å². The fourth-order valence-electron chi connectivity index (χ4n) is 6.25. The van der Waals surface area contributed by atoms with Gasteiger partial charge in [-0.2, -0.15) is 0 Å². The summed E-state index contributed by atoms with van der Waals surface area (Å²) in [7, 11) is 0. The Kier molecular flexibility index (Phi) is 10.1. The predicted molar refractivity (Wildman–Crippen MR) is 127 cm³/mol. The van der Waals surface area contributed by atoms with Crippen LogP contribution in [0.4, 0.5) is 0 Å². The minimum absolute atomic E-state index is 0. The van der Waals surface area contributed by atoms with Gasteiger partial charge >= 0.3 is 0 Å². The van der Waals surface area contributed by atoms with Crippen LogP contribution in [-0.4, -0.2) is 27.4 Å². The van der Waals surface area contributed by atoms with E-state index in [1.54, 1.807) is 6.20 Å². The second-order valence-electron chi connectivity index (χ2n) is 9.60. The van der Waals surface area contributed by atoms with E-state index in [1.807, 2.05) is 42.5 Å². The molecular weight excluding hydrogens is 575 g/mol. The van der Waals surface area contributed by atoms with Crippen LogP contribution >= 0.6 is 0 Å². The Morgan fingerprint density at radius 1 is 0.906 bits per heavy atom. The maximum absolute atomic E-state index is 10.9. The number of benzene rings is 1. The van der Waals surface area contributed by atoms with E-state index >= 15 is 0 Å². The number of hydrogen-bond acceptors (Lipinski definition) is 3. The molecule has 0 aliphatic heterocycles. The van der Waals surface area contributed by atoms with Crippen LogP contribution in [0.25, 0.3) is 11.3 Å². The van der Waals surface area contributed by atoms with Gasteiger partial charge in [0, 0.05) is 32.2 Å². The standard InChI is InChI=1S/C17H32O2.C11H8N.Ir/c1-5-16(6-2)10-9-12-11-17(7-3,8-4)15(19)13(12)14(16)18;1-2-6-10(7-3-1)11-8-4-5-9-12-11;/h12-15,18-19H,5-11H2,1-4H3;1-6,8-9H;/q;-1;. The van der Waals surface area contributed by atoms with Crippen LogP contribution in [0.2, 0.25) is 0 Å². The molecule has 4 heteroatoms. The maximum atomic E-state index is 10.9. The topological polar surface area (TPSA) is 53.4 Å². The summed E-state index contributed by atoms with van der Waals surface area (Å²) in [6, 6.07) is 16.8. The zero-order valence-electron chi connectivity index (χ0n) is 20.1. The first-order valence-electron chi connectivity index (χ1n) is 12.2. The molecule has 1 aromatic carbocycles. The van der Waals surface area contributed by atoms with Crippen LogP contribution in [-0.2, 0) is 20.1 Å². The summed E-state index contributed by atoms with van der Waals surface area (Å²) in [5.41, 5.74) is 2.13. The van der Waals surface area contributed by atoms with Crippen molar-refractivity contribution in [2.75, 3.05) is 0 Å². The molecule has 32 heavy (non-hydrogen) atoms. The number of pyridine rings is 1. The molecular formula is C28H40IrNO2-. The van der Waals surface area contributed by atoms with Crippen molar-refractivity contribution >= 4 is 0 Å². The van der Waals surface area contributed by atoms with Gasteiger partial charge < -0.3 is 15.2 Å². The number of nitrogens with zero attached hydrogens (tertiary/aromatic N) is 1. The van der Waals surface area contributed by atoms with Crippen LogP contribution in [0, 0.1) is 28.7 Å². The first kappa shape index (κ1) is 27.2. The molecule has 2 N–H and O–H groups in total. The molecule has 0 spiro atoms. The maximum Gasteiger partial charge on any atom is 0.0651 e. The summed E-state index contributed by atoms with van der Waals surface area (Å²) in [6.07, 6.45) is 8.77. The van der Waals surface area contributed by atoms with E-state index in [0.717, 1.165) is 49.8 Å². The fraction of sp³-hybridized carbons (Fsp3) is 0.607. The van der Waals surface area contributed by atoms with Gasteiger partial charge in [-0.15, -0.1) is 35.9 Å². The van der Waals surface area contributed by atoms with E-state index in [9.17, 15) is 10.2 Å². The van der Waals surface area contributed by atoms with E-state index in [1.165, 1.54) is 6.42 Å². The fourth-order valence-corrected chi connectivity index (χ4v) is 6.25. The number of fused-ring (bicyclic) bond motifs is 1. The van der Waals surface area contributed by atoms with E-state index in [-0.39, 0.29) is 49.1 Å². The molecule has 179 valence electrons. The molecule has 4 atom stereocenters. The van der Waals surface area contributed by atoms with Gasteiger partial charge in [0.1, 0.15) is 0 Å². The molecule has 2 fully saturated rings. The van der Waals surface area contributed by atoms with Gasteiger partial charge in [-0.1, -0.05) is 39.8 Å². The van der Waals surface area contributed by atoms with Crippen LogP contribution < -0.4 is 0 Å². The number of aliphatic hydroxyl groups is 2. The summed E-state index contributed by atoms with van der Waals surface area (Å²) in [6.45, 7) is 8.79. The quantitative estimate of drug-likeness (QED) is 0.389. The average Bonchev–Trinajstić information content (AvgIpc) is 3.14. The predicted octanol–water partition coefficient (Wildman–Crippen LogP) is 6.30. The molecule has 0 saturated heterocycles. The number of hydrogen-bond donors (Lipinski definition) is 2. The molecule has 4 rings (SSSR count). The molecule has 2 aliphatic rings. The van der Waals surface area contributed by atoms with Gasteiger partial charge in [-0.05, 0) is 73.5 Å². The minimum atomic E-state index is -0.309. The second-order valence-corrected chi connectivity index (χ2v) is 9.60. The molecule has 1 radical (unpaired) electrons. The zero-order valence-corrected chi connectivity index (χ0v) is 22.4. The molecule has 3 nitrogen and oxygen atoms in total.